The van der Waals surface area contributed by atoms with Crippen LogP contribution in [-0.4, -0.2) is 38.5 Å². The van der Waals surface area contributed by atoms with Gasteiger partial charge in [-0.15, -0.1) is 24.0 Å². The van der Waals surface area contributed by atoms with Crippen molar-refractivity contribution in [2.75, 3.05) is 26.7 Å². The zero-order valence-electron chi connectivity index (χ0n) is 15.5. The second kappa shape index (κ2) is 16.2. The summed E-state index contributed by atoms with van der Waals surface area (Å²) in [5, 5.41) is 9.26. The van der Waals surface area contributed by atoms with Gasteiger partial charge in [-0.05, 0) is 18.6 Å². The van der Waals surface area contributed by atoms with Gasteiger partial charge in [0.25, 0.3) is 5.91 Å². The van der Waals surface area contributed by atoms with Crippen molar-refractivity contribution in [3.05, 3.63) is 24.2 Å². The number of guanidine groups is 1. The Balaban J connectivity index is 0.00000576. The number of hydrogen-bond acceptors (Lipinski definition) is 3. The highest BCUT2D eigenvalue weighted by atomic mass is 127. The molecule has 0 aliphatic carbocycles. The van der Waals surface area contributed by atoms with E-state index in [4.69, 9.17) is 4.42 Å². The van der Waals surface area contributed by atoms with Crippen LogP contribution >= 0.6 is 24.0 Å². The maximum absolute atomic E-state index is 11.7. The topological polar surface area (TPSA) is 78.7 Å². The lowest BCUT2D eigenvalue weighted by atomic mass is 10.1. The molecule has 1 heterocycles. The van der Waals surface area contributed by atoms with Crippen LogP contribution in [0.15, 0.2) is 27.8 Å². The number of rotatable bonds is 12. The third-order valence-electron chi connectivity index (χ3n) is 3.74. The number of carbonyl (C=O) groups excluding carboxylic acids is 1. The summed E-state index contributed by atoms with van der Waals surface area (Å²) in [6.45, 7) is 4.29. The summed E-state index contributed by atoms with van der Waals surface area (Å²) in [5.41, 5.74) is 0. The van der Waals surface area contributed by atoms with Crippen LogP contribution in [0.5, 0.6) is 0 Å². The first-order valence-electron chi connectivity index (χ1n) is 9.04. The predicted octanol–water partition coefficient (Wildman–Crippen LogP) is 3.54. The molecule has 0 bridgehead atoms. The number of nitrogens with one attached hydrogen (secondary N) is 3. The van der Waals surface area contributed by atoms with Crippen LogP contribution in [0, 0.1) is 0 Å². The first kappa shape index (κ1) is 23.8. The first-order chi connectivity index (χ1) is 11.8. The molecule has 1 rings (SSSR count). The van der Waals surface area contributed by atoms with E-state index in [0.29, 0.717) is 18.8 Å². The number of amides is 1. The van der Waals surface area contributed by atoms with E-state index in [2.05, 4.69) is 27.9 Å². The van der Waals surface area contributed by atoms with Crippen LogP contribution < -0.4 is 16.0 Å². The lowest BCUT2D eigenvalue weighted by Gasteiger charge is -2.12. The monoisotopic (exact) mass is 464 g/mol. The lowest BCUT2D eigenvalue weighted by molar-refractivity contribution is 0.0926. The Kier molecular flexibility index (Phi) is 15.4. The van der Waals surface area contributed by atoms with Crippen molar-refractivity contribution in [3.63, 3.8) is 0 Å². The van der Waals surface area contributed by atoms with Gasteiger partial charge in [-0.25, -0.2) is 0 Å². The standard InChI is InChI=1S/C18H32N4O2.HI/c1-3-4-5-6-7-8-9-12-21-18(19-2)22-14-13-20-17(23)16-11-10-15-24-16;/h10-11,15H,3-9,12-14H2,1-2H3,(H,20,23)(H2,19,21,22);1H. The molecule has 0 fully saturated rings. The average molecular weight is 464 g/mol. The van der Waals surface area contributed by atoms with Crippen LogP contribution in [0.3, 0.4) is 0 Å². The van der Waals surface area contributed by atoms with Gasteiger partial charge in [-0.1, -0.05) is 45.4 Å². The molecule has 0 atom stereocenters. The minimum Gasteiger partial charge on any atom is -0.459 e. The number of aliphatic imine (C=N–C) groups is 1. The number of nitrogens with zero attached hydrogens (tertiary/aromatic N) is 1. The molecule has 1 aromatic heterocycles. The van der Waals surface area contributed by atoms with Gasteiger partial charge in [0, 0.05) is 26.7 Å². The number of hydrogen-bond donors (Lipinski definition) is 3. The molecule has 0 radical (unpaired) electrons. The van der Waals surface area contributed by atoms with Crippen molar-refractivity contribution in [3.8, 4) is 0 Å². The van der Waals surface area contributed by atoms with Crippen LogP contribution in [0.1, 0.15) is 62.4 Å². The SMILES string of the molecule is CCCCCCCCCNC(=NC)NCCNC(=O)c1ccco1.I. The van der Waals surface area contributed by atoms with E-state index in [1.54, 1.807) is 19.2 Å². The molecule has 6 nitrogen and oxygen atoms in total. The van der Waals surface area contributed by atoms with Crippen LogP contribution in [0.2, 0.25) is 0 Å². The molecule has 1 aromatic rings. The van der Waals surface area contributed by atoms with Crippen molar-refractivity contribution < 1.29 is 9.21 Å². The molecule has 0 spiro atoms. The Hall–Kier alpha value is -1.25. The minimum atomic E-state index is -0.201. The van der Waals surface area contributed by atoms with Crippen molar-refractivity contribution in [2.24, 2.45) is 4.99 Å². The Morgan fingerprint density at radius 3 is 2.28 bits per heavy atom. The summed E-state index contributed by atoms with van der Waals surface area (Å²) in [6.07, 6.45) is 10.6. The lowest BCUT2D eigenvalue weighted by Crippen LogP contribution is -2.41. The molecule has 3 N–H and O–H groups in total. The van der Waals surface area contributed by atoms with Crippen molar-refractivity contribution in [1.29, 1.82) is 0 Å². The molecule has 0 saturated heterocycles. The number of unbranched alkanes of at least 4 members (excludes halogenated alkanes) is 6. The average Bonchev–Trinajstić information content (AvgIpc) is 3.13. The van der Waals surface area contributed by atoms with Gasteiger partial charge in [0.1, 0.15) is 0 Å². The molecule has 0 saturated carbocycles. The van der Waals surface area contributed by atoms with Crippen molar-refractivity contribution in [2.45, 2.75) is 51.9 Å². The second-order valence-electron chi connectivity index (χ2n) is 5.78. The molecule has 25 heavy (non-hydrogen) atoms. The fraction of sp³-hybridized carbons (Fsp3) is 0.667. The van der Waals surface area contributed by atoms with Crippen molar-refractivity contribution >= 4 is 35.8 Å². The van der Waals surface area contributed by atoms with Crippen LogP contribution in [0.25, 0.3) is 0 Å². The molecule has 7 heteroatoms. The highest BCUT2D eigenvalue weighted by Crippen LogP contribution is 2.06. The molecule has 144 valence electrons. The molecule has 0 aromatic carbocycles. The van der Waals surface area contributed by atoms with E-state index >= 15 is 0 Å². The quantitative estimate of drug-likeness (QED) is 0.191. The minimum absolute atomic E-state index is 0. The zero-order valence-corrected chi connectivity index (χ0v) is 17.8. The van der Waals surface area contributed by atoms with Crippen molar-refractivity contribution in [1.82, 2.24) is 16.0 Å². The van der Waals surface area contributed by atoms with Gasteiger partial charge in [-0.2, -0.15) is 0 Å². The number of furan rings is 1. The number of carbonyl (C=O) groups is 1. The van der Waals surface area contributed by atoms with Gasteiger partial charge in [-0.3, -0.25) is 9.79 Å². The maximum atomic E-state index is 11.7. The summed E-state index contributed by atoms with van der Waals surface area (Å²) in [6, 6.07) is 3.34. The second-order valence-corrected chi connectivity index (χ2v) is 5.78. The maximum Gasteiger partial charge on any atom is 0.287 e. The summed E-state index contributed by atoms with van der Waals surface area (Å²) in [4.78, 5) is 15.9. The molecule has 0 unspecified atom stereocenters. The van der Waals surface area contributed by atoms with Crippen LogP contribution in [0.4, 0.5) is 0 Å². The Labute approximate surface area is 168 Å². The highest BCUT2D eigenvalue weighted by molar-refractivity contribution is 14.0. The third-order valence-corrected chi connectivity index (χ3v) is 3.74. The molecular formula is C18H33IN4O2. The Morgan fingerprint density at radius 2 is 1.64 bits per heavy atom. The summed E-state index contributed by atoms with van der Waals surface area (Å²) < 4.78 is 5.03. The predicted molar refractivity (Wildman–Crippen MR) is 114 cm³/mol. The fourth-order valence-corrected chi connectivity index (χ4v) is 2.36. The fourth-order valence-electron chi connectivity index (χ4n) is 2.36. The van der Waals surface area contributed by atoms with E-state index in [9.17, 15) is 4.79 Å². The smallest absolute Gasteiger partial charge is 0.287 e. The Bertz CT molecular complexity index is 464. The summed E-state index contributed by atoms with van der Waals surface area (Å²) >= 11 is 0. The van der Waals surface area contributed by atoms with E-state index < -0.39 is 0 Å². The highest BCUT2D eigenvalue weighted by Gasteiger charge is 2.06. The molecule has 0 aliphatic rings. The van der Waals surface area contributed by atoms with E-state index in [1.807, 2.05) is 0 Å². The zero-order chi connectivity index (χ0) is 17.5. The van der Waals surface area contributed by atoms with E-state index in [-0.39, 0.29) is 29.9 Å². The van der Waals surface area contributed by atoms with Gasteiger partial charge in [0.15, 0.2) is 11.7 Å². The molecule has 1 amide bonds. The van der Waals surface area contributed by atoms with E-state index in [0.717, 1.165) is 18.9 Å². The summed E-state index contributed by atoms with van der Waals surface area (Å²) in [7, 11) is 1.75. The molecule has 0 aliphatic heterocycles. The van der Waals surface area contributed by atoms with E-state index in [1.165, 1.54) is 44.8 Å². The Morgan fingerprint density at radius 1 is 1.00 bits per heavy atom. The van der Waals surface area contributed by atoms with Gasteiger partial charge < -0.3 is 20.4 Å². The first-order valence-corrected chi connectivity index (χ1v) is 9.04. The molecular weight excluding hydrogens is 431 g/mol. The van der Waals surface area contributed by atoms with Crippen LogP contribution in [-0.2, 0) is 0 Å². The summed E-state index contributed by atoms with van der Waals surface area (Å²) in [5.74, 6) is 0.900. The normalized spacial score (nSPS) is 10.9. The van der Waals surface area contributed by atoms with Gasteiger partial charge in [0.05, 0.1) is 6.26 Å². The third kappa shape index (κ3) is 11.9. The van der Waals surface area contributed by atoms with Gasteiger partial charge in [0.2, 0.25) is 0 Å². The number of halogens is 1. The van der Waals surface area contributed by atoms with Gasteiger partial charge >= 0.3 is 0 Å². The largest absolute Gasteiger partial charge is 0.459 e.